The van der Waals surface area contributed by atoms with Gasteiger partial charge in [-0.15, -0.1) is 18.9 Å². The van der Waals surface area contributed by atoms with Crippen LogP contribution in [0.15, 0.2) is 72.1 Å². The number of aromatic nitrogens is 1. The van der Waals surface area contributed by atoms with Crippen molar-refractivity contribution in [3.8, 4) is 0 Å². The second-order valence-corrected chi connectivity index (χ2v) is 7.51. The lowest BCUT2D eigenvalue weighted by Crippen LogP contribution is -2.09. The van der Waals surface area contributed by atoms with Gasteiger partial charge in [0.1, 0.15) is 7.11 Å². The average molecular weight is 537 g/mol. The molecule has 1 aromatic carbocycles. The largest absolute Gasteiger partial charge is 0.399 e. The van der Waals surface area contributed by atoms with Crippen molar-refractivity contribution < 1.29 is 14.7 Å². The maximum absolute atomic E-state index is 13.4. The number of aliphatic hydroxyl groups excluding tert-OH is 1. The highest BCUT2D eigenvalue weighted by Gasteiger charge is 2.25. The number of Topliss-reactive ketones (excluding diaryl/α,β-unsaturated/α-hetero) is 1. The van der Waals surface area contributed by atoms with Crippen molar-refractivity contribution in [2.24, 2.45) is 5.16 Å². The normalized spacial score (nSPS) is 11.4. The van der Waals surface area contributed by atoms with Crippen molar-refractivity contribution in [1.82, 2.24) is 4.57 Å². The number of hydrogen-bond acceptors (Lipinski definition) is 5. The summed E-state index contributed by atoms with van der Waals surface area (Å²) in [5.41, 5.74) is 9.91. The first-order chi connectivity index (χ1) is 18.6. The van der Waals surface area contributed by atoms with Crippen LogP contribution in [0.3, 0.4) is 0 Å². The quantitative estimate of drug-likeness (QED) is 0.0917. The molecule has 38 heavy (non-hydrogen) atoms. The Morgan fingerprint density at radius 2 is 1.92 bits per heavy atom. The summed E-state index contributed by atoms with van der Waals surface area (Å²) in [5.74, 6) is -0.0136. The van der Waals surface area contributed by atoms with Gasteiger partial charge < -0.3 is 14.5 Å². The smallest absolute Gasteiger partial charge is 0.193 e. The summed E-state index contributed by atoms with van der Waals surface area (Å²) < 4.78 is 2.21. The van der Waals surface area contributed by atoms with Gasteiger partial charge in [0.05, 0.1) is 11.4 Å². The van der Waals surface area contributed by atoms with Gasteiger partial charge in [0.2, 0.25) is 0 Å². The summed E-state index contributed by atoms with van der Waals surface area (Å²) in [6.07, 6.45) is 12.4. The minimum Gasteiger partial charge on any atom is -0.399 e. The van der Waals surface area contributed by atoms with E-state index in [9.17, 15) is 9.90 Å². The third-order valence-electron chi connectivity index (χ3n) is 5.55. The van der Waals surface area contributed by atoms with E-state index < -0.39 is 0 Å². The summed E-state index contributed by atoms with van der Waals surface area (Å²) in [5, 5.41) is 13.9. The van der Waals surface area contributed by atoms with E-state index in [1.54, 1.807) is 6.26 Å². The fourth-order valence-electron chi connectivity index (χ4n) is 4.12. The van der Waals surface area contributed by atoms with Crippen LogP contribution >= 0.6 is 12.6 Å². The fraction of sp³-hybridized carbons (Fsp3) is 0.344. The SMILES string of the molecule is C=C.CC.CC=C=Cc1c(/C(CCO)=N/OC)c2c(n1CC)CC=CC(C(=O)c1ccccc1C)=C2.CS. The molecule has 206 valence electrons. The van der Waals surface area contributed by atoms with E-state index >= 15 is 0 Å². The molecule has 0 unspecified atom stereocenters. The van der Waals surface area contributed by atoms with Crippen LogP contribution in [0.25, 0.3) is 12.2 Å². The van der Waals surface area contributed by atoms with Crippen molar-refractivity contribution in [2.75, 3.05) is 20.0 Å². The monoisotopic (exact) mass is 536 g/mol. The van der Waals surface area contributed by atoms with Gasteiger partial charge in [-0.2, -0.15) is 12.6 Å². The first-order valence-corrected chi connectivity index (χ1v) is 13.7. The number of rotatable bonds is 8. The van der Waals surface area contributed by atoms with Crippen LogP contribution in [0.5, 0.6) is 0 Å². The molecule has 1 aromatic heterocycles. The Hall–Kier alpha value is -3.31. The molecule has 1 N–H and O–H groups in total. The van der Waals surface area contributed by atoms with E-state index in [2.05, 4.69) is 48.2 Å². The van der Waals surface area contributed by atoms with Crippen LogP contribution < -0.4 is 0 Å². The highest BCUT2D eigenvalue weighted by molar-refractivity contribution is 7.79. The highest BCUT2D eigenvalue weighted by Crippen LogP contribution is 2.32. The number of ketones is 1. The van der Waals surface area contributed by atoms with Crippen LogP contribution in [0, 0.1) is 6.92 Å². The van der Waals surface area contributed by atoms with Gasteiger partial charge in [-0.1, -0.05) is 55.4 Å². The molecule has 6 heteroatoms. The standard InChI is InChI=1S/C27H30N2O3.C2H6.C2H4.CH4S/c1-5-7-14-25-26(23(16-17-30)28-32-4)22-18-20(12-10-15-24(22)29(25)6-2)27(31)21-13-9-8-11-19(21)3;3*1-2/h5,8-14,18,30H,6,15-17H2,1-4H3;1-2H3;1-2H2;2H,1H3/b28-23+;;;. The van der Waals surface area contributed by atoms with E-state index in [-0.39, 0.29) is 12.4 Å². The molecular formula is C32H44N2O3S. The first-order valence-electron chi connectivity index (χ1n) is 12.8. The van der Waals surface area contributed by atoms with E-state index in [0.717, 1.165) is 34.6 Å². The Morgan fingerprint density at radius 3 is 2.47 bits per heavy atom. The van der Waals surface area contributed by atoms with Gasteiger partial charge in [0.25, 0.3) is 0 Å². The molecule has 2 aromatic rings. The van der Waals surface area contributed by atoms with Crippen molar-refractivity contribution in [3.05, 3.63) is 101 Å². The predicted octanol–water partition coefficient (Wildman–Crippen LogP) is 7.49. The maximum atomic E-state index is 13.4. The summed E-state index contributed by atoms with van der Waals surface area (Å²) in [6.45, 7) is 16.6. The average Bonchev–Trinajstić information content (AvgIpc) is 3.09. The molecule has 0 spiro atoms. The minimum atomic E-state index is -0.0575. The number of carbonyl (C=O) groups is 1. The van der Waals surface area contributed by atoms with Gasteiger partial charge in [-0.3, -0.25) is 4.79 Å². The molecule has 0 radical (unpaired) electrons. The summed E-state index contributed by atoms with van der Waals surface area (Å²) >= 11 is 3.53. The number of aryl methyl sites for hydroxylation is 1. The van der Waals surface area contributed by atoms with Crippen LogP contribution in [-0.4, -0.2) is 41.1 Å². The van der Waals surface area contributed by atoms with Crippen LogP contribution in [0.2, 0.25) is 0 Å². The number of aliphatic hydroxyl groups is 1. The number of hydrogen-bond donors (Lipinski definition) is 2. The fourth-order valence-corrected chi connectivity index (χ4v) is 4.12. The third-order valence-corrected chi connectivity index (χ3v) is 5.55. The zero-order valence-corrected chi connectivity index (χ0v) is 24.9. The number of nitrogens with zero attached hydrogens (tertiary/aromatic N) is 2. The Kier molecular flexibility index (Phi) is 18.0. The lowest BCUT2D eigenvalue weighted by Gasteiger charge is -2.09. The molecule has 1 aliphatic carbocycles. The molecule has 5 nitrogen and oxygen atoms in total. The number of allylic oxidation sites excluding steroid dienone is 4. The van der Waals surface area contributed by atoms with Gasteiger partial charge in [-0.05, 0) is 44.7 Å². The molecule has 1 aliphatic rings. The number of benzene rings is 1. The Balaban J connectivity index is 0.00000213. The van der Waals surface area contributed by atoms with Gasteiger partial charge in [-0.25, -0.2) is 0 Å². The molecule has 0 atom stereocenters. The molecule has 3 rings (SSSR count). The highest BCUT2D eigenvalue weighted by atomic mass is 32.1. The zero-order valence-electron chi connectivity index (χ0n) is 24.0. The molecule has 0 aliphatic heterocycles. The maximum Gasteiger partial charge on any atom is 0.193 e. The predicted molar refractivity (Wildman–Crippen MR) is 167 cm³/mol. The van der Waals surface area contributed by atoms with Gasteiger partial charge in [0, 0.05) is 60.0 Å². The first kappa shape index (κ1) is 34.7. The van der Waals surface area contributed by atoms with Crippen molar-refractivity contribution in [1.29, 1.82) is 0 Å². The topological polar surface area (TPSA) is 63.8 Å². The second-order valence-electron chi connectivity index (χ2n) is 7.51. The molecule has 0 amide bonds. The van der Waals surface area contributed by atoms with Crippen molar-refractivity contribution in [3.63, 3.8) is 0 Å². The zero-order chi connectivity index (χ0) is 29.1. The lowest BCUT2D eigenvalue weighted by atomic mass is 9.95. The van der Waals surface area contributed by atoms with Gasteiger partial charge in [0.15, 0.2) is 5.78 Å². The van der Waals surface area contributed by atoms with Crippen LogP contribution in [-0.2, 0) is 17.8 Å². The molecule has 0 fully saturated rings. The van der Waals surface area contributed by atoms with Crippen LogP contribution in [0.1, 0.15) is 72.6 Å². The molecular weight excluding hydrogens is 492 g/mol. The molecule has 0 saturated carbocycles. The van der Waals surface area contributed by atoms with Gasteiger partial charge >= 0.3 is 0 Å². The Labute approximate surface area is 235 Å². The summed E-state index contributed by atoms with van der Waals surface area (Å²) in [6, 6.07) is 7.63. The Bertz CT molecular complexity index is 1180. The van der Waals surface area contributed by atoms with E-state index in [1.165, 1.54) is 7.11 Å². The van der Waals surface area contributed by atoms with E-state index in [1.807, 2.05) is 82.3 Å². The minimum absolute atomic E-state index is 0.0136. The number of carbonyl (C=O) groups excluding carboxylic acids is 1. The third kappa shape index (κ3) is 8.63. The summed E-state index contributed by atoms with van der Waals surface area (Å²) in [4.78, 5) is 18.5. The van der Waals surface area contributed by atoms with Crippen LogP contribution in [0.4, 0.5) is 0 Å². The summed E-state index contributed by atoms with van der Waals surface area (Å²) in [7, 11) is 1.50. The van der Waals surface area contributed by atoms with E-state index in [4.69, 9.17) is 4.84 Å². The Morgan fingerprint density at radius 1 is 1.26 bits per heavy atom. The number of thiol groups is 1. The molecule has 0 bridgehead atoms. The molecule has 1 heterocycles. The van der Waals surface area contributed by atoms with Crippen molar-refractivity contribution in [2.45, 2.75) is 54.0 Å². The number of oxime groups is 1. The van der Waals surface area contributed by atoms with Crippen molar-refractivity contribution >= 4 is 36.3 Å². The van der Waals surface area contributed by atoms with E-state index in [0.29, 0.717) is 29.7 Å². The lowest BCUT2D eigenvalue weighted by molar-refractivity contribution is 0.103. The second kappa shape index (κ2) is 19.8. The molecule has 0 saturated heterocycles. The number of fused-ring (bicyclic) bond motifs is 1.